The molecule has 0 radical (unpaired) electrons. The molecule has 0 amide bonds. The van der Waals surface area contributed by atoms with Gasteiger partial charge in [0.2, 0.25) is 0 Å². The number of ether oxygens (including phenoxy) is 2. The van der Waals surface area contributed by atoms with E-state index in [2.05, 4.69) is 4.74 Å². The maximum absolute atomic E-state index is 11.8. The summed E-state index contributed by atoms with van der Waals surface area (Å²) in [5.41, 5.74) is 1.67. The van der Waals surface area contributed by atoms with Gasteiger partial charge in [-0.1, -0.05) is 23.7 Å². The molecule has 4 nitrogen and oxygen atoms in total. The first-order chi connectivity index (χ1) is 10.1. The van der Waals surface area contributed by atoms with Crippen molar-refractivity contribution in [3.8, 4) is 0 Å². The molecule has 21 heavy (non-hydrogen) atoms. The summed E-state index contributed by atoms with van der Waals surface area (Å²) in [4.78, 5) is 23.1. The van der Waals surface area contributed by atoms with Gasteiger partial charge in [0, 0.05) is 5.02 Å². The lowest BCUT2D eigenvalue weighted by atomic mass is 10.1. The molecule has 0 spiro atoms. The Bertz CT molecular complexity index is 632. The number of rotatable bonds is 4. The Labute approximate surface area is 127 Å². The van der Waals surface area contributed by atoms with Crippen molar-refractivity contribution < 1.29 is 19.1 Å². The van der Waals surface area contributed by atoms with Crippen molar-refractivity contribution in [3.63, 3.8) is 0 Å². The smallest absolute Gasteiger partial charge is 0.338 e. The molecule has 0 aliphatic carbocycles. The summed E-state index contributed by atoms with van der Waals surface area (Å²) in [7, 11) is 1.32. The summed E-state index contributed by atoms with van der Waals surface area (Å²) < 4.78 is 9.79. The fourth-order valence-electron chi connectivity index (χ4n) is 1.67. The maximum Gasteiger partial charge on any atom is 0.338 e. The summed E-state index contributed by atoms with van der Waals surface area (Å²) in [6.07, 6.45) is 0. The van der Waals surface area contributed by atoms with Gasteiger partial charge in [-0.2, -0.15) is 0 Å². The lowest BCUT2D eigenvalue weighted by Gasteiger charge is -2.06. The van der Waals surface area contributed by atoms with Gasteiger partial charge in [-0.15, -0.1) is 0 Å². The summed E-state index contributed by atoms with van der Waals surface area (Å²) in [5.74, 6) is -0.830. The maximum atomic E-state index is 11.8. The number of halogens is 1. The largest absolute Gasteiger partial charge is 0.465 e. The standard InChI is InChI=1S/C16H13ClO4/c1-20-15(18)12-4-2-11(3-5-12)10-21-16(19)13-6-8-14(17)9-7-13/h2-9H,10H2,1H3. The van der Waals surface area contributed by atoms with Crippen LogP contribution in [0.4, 0.5) is 0 Å². The van der Waals surface area contributed by atoms with Crippen LogP contribution in [0, 0.1) is 0 Å². The third-order valence-electron chi connectivity index (χ3n) is 2.82. The predicted molar refractivity (Wildman–Crippen MR) is 78.4 cm³/mol. The molecule has 0 unspecified atom stereocenters. The van der Waals surface area contributed by atoms with Crippen molar-refractivity contribution in [1.29, 1.82) is 0 Å². The number of benzene rings is 2. The average molecular weight is 305 g/mol. The molecule has 0 saturated heterocycles. The van der Waals surface area contributed by atoms with Crippen LogP contribution in [0.1, 0.15) is 26.3 Å². The molecule has 2 rings (SSSR count). The zero-order chi connectivity index (χ0) is 15.2. The van der Waals surface area contributed by atoms with E-state index in [9.17, 15) is 9.59 Å². The van der Waals surface area contributed by atoms with Crippen LogP contribution in [0.5, 0.6) is 0 Å². The van der Waals surface area contributed by atoms with Gasteiger partial charge in [0.25, 0.3) is 0 Å². The second kappa shape index (κ2) is 6.90. The minimum atomic E-state index is -0.427. The Morgan fingerprint density at radius 3 is 2.00 bits per heavy atom. The lowest BCUT2D eigenvalue weighted by Crippen LogP contribution is -2.05. The first-order valence-corrected chi connectivity index (χ1v) is 6.58. The van der Waals surface area contributed by atoms with Crippen molar-refractivity contribution in [1.82, 2.24) is 0 Å². The first-order valence-electron chi connectivity index (χ1n) is 6.20. The molecule has 108 valence electrons. The van der Waals surface area contributed by atoms with Gasteiger partial charge in [-0.25, -0.2) is 9.59 Å². The second-order valence-electron chi connectivity index (χ2n) is 4.27. The van der Waals surface area contributed by atoms with Crippen LogP contribution in [0.2, 0.25) is 5.02 Å². The lowest BCUT2D eigenvalue weighted by molar-refractivity contribution is 0.0471. The number of esters is 2. The molecule has 0 aromatic heterocycles. The number of carbonyl (C=O) groups is 2. The molecule has 0 aliphatic rings. The van der Waals surface area contributed by atoms with Crippen LogP contribution >= 0.6 is 11.6 Å². The van der Waals surface area contributed by atoms with Gasteiger partial charge >= 0.3 is 11.9 Å². The number of hydrogen-bond donors (Lipinski definition) is 0. The van der Waals surface area contributed by atoms with E-state index in [0.717, 1.165) is 5.56 Å². The van der Waals surface area contributed by atoms with E-state index >= 15 is 0 Å². The summed E-state index contributed by atoms with van der Waals surface area (Å²) in [5, 5.41) is 0.560. The fraction of sp³-hybridized carbons (Fsp3) is 0.125. The summed E-state index contributed by atoms with van der Waals surface area (Å²) >= 11 is 5.75. The average Bonchev–Trinajstić information content (AvgIpc) is 2.53. The van der Waals surface area contributed by atoms with E-state index in [4.69, 9.17) is 16.3 Å². The van der Waals surface area contributed by atoms with Crippen LogP contribution in [0.15, 0.2) is 48.5 Å². The Hall–Kier alpha value is -2.33. The van der Waals surface area contributed by atoms with Crippen molar-refractivity contribution >= 4 is 23.5 Å². The van der Waals surface area contributed by atoms with Gasteiger partial charge in [-0.3, -0.25) is 0 Å². The van der Waals surface area contributed by atoms with Crippen LogP contribution in [-0.2, 0) is 16.1 Å². The van der Waals surface area contributed by atoms with E-state index in [1.165, 1.54) is 7.11 Å². The normalized spacial score (nSPS) is 10.0. The van der Waals surface area contributed by atoms with E-state index in [1.807, 2.05) is 0 Å². The fourth-order valence-corrected chi connectivity index (χ4v) is 1.80. The molecule has 0 bridgehead atoms. The Morgan fingerprint density at radius 1 is 0.905 bits per heavy atom. The van der Waals surface area contributed by atoms with Crippen molar-refractivity contribution in [2.45, 2.75) is 6.61 Å². The highest BCUT2D eigenvalue weighted by atomic mass is 35.5. The quantitative estimate of drug-likeness (QED) is 0.811. The Morgan fingerprint density at radius 2 is 1.43 bits per heavy atom. The van der Waals surface area contributed by atoms with Crippen molar-refractivity contribution in [2.75, 3.05) is 7.11 Å². The molecular formula is C16H13ClO4. The number of methoxy groups -OCH3 is 1. The molecule has 5 heteroatoms. The molecule has 0 aliphatic heterocycles. The SMILES string of the molecule is COC(=O)c1ccc(COC(=O)c2ccc(Cl)cc2)cc1. The highest BCUT2D eigenvalue weighted by molar-refractivity contribution is 6.30. The monoisotopic (exact) mass is 304 g/mol. The van der Waals surface area contributed by atoms with Gasteiger partial charge in [-0.05, 0) is 42.0 Å². The van der Waals surface area contributed by atoms with Gasteiger partial charge in [0.05, 0.1) is 18.2 Å². The zero-order valence-electron chi connectivity index (χ0n) is 11.3. The molecule has 2 aromatic rings. The van der Waals surface area contributed by atoms with Gasteiger partial charge in [0.1, 0.15) is 6.61 Å². The molecular weight excluding hydrogens is 292 g/mol. The zero-order valence-corrected chi connectivity index (χ0v) is 12.1. The Balaban J connectivity index is 1.95. The van der Waals surface area contributed by atoms with E-state index in [1.54, 1.807) is 48.5 Å². The van der Waals surface area contributed by atoms with Crippen LogP contribution in [0.3, 0.4) is 0 Å². The third kappa shape index (κ3) is 4.07. The van der Waals surface area contributed by atoms with Crippen LogP contribution in [-0.4, -0.2) is 19.0 Å². The Kier molecular flexibility index (Phi) is 4.95. The van der Waals surface area contributed by atoms with E-state index in [0.29, 0.717) is 16.1 Å². The van der Waals surface area contributed by atoms with Gasteiger partial charge in [0.15, 0.2) is 0 Å². The van der Waals surface area contributed by atoms with Crippen LogP contribution < -0.4 is 0 Å². The van der Waals surface area contributed by atoms with Crippen molar-refractivity contribution in [3.05, 3.63) is 70.2 Å². The third-order valence-corrected chi connectivity index (χ3v) is 3.08. The molecule has 0 heterocycles. The molecule has 0 saturated carbocycles. The highest BCUT2D eigenvalue weighted by Gasteiger charge is 2.08. The summed E-state index contributed by atoms with van der Waals surface area (Å²) in [6, 6.07) is 13.1. The number of carbonyl (C=O) groups excluding carboxylic acids is 2. The van der Waals surface area contributed by atoms with Gasteiger partial charge < -0.3 is 9.47 Å². The van der Waals surface area contributed by atoms with Crippen molar-refractivity contribution in [2.24, 2.45) is 0 Å². The molecule has 0 N–H and O–H groups in total. The highest BCUT2D eigenvalue weighted by Crippen LogP contribution is 2.12. The minimum Gasteiger partial charge on any atom is -0.465 e. The first kappa shape index (κ1) is 15.1. The minimum absolute atomic E-state index is 0.128. The molecule has 0 fully saturated rings. The van der Waals surface area contributed by atoms with E-state index < -0.39 is 11.9 Å². The summed E-state index contributed by atoms with van der Waals surface area (Å²) in [6.45, 7) is 0.128. The number of hydrogen-bond acceptors (Lipinski definition) is 4. The van der Waals surface area contributed by atoms with Crippen LogP contribution in [0.25, 0.3) is 0 Å². The van der Waals surface area contributed by atoms with E-state index in [-0.39, 0.29) is 6.61 Å². The molecule has 0 atom stereocenters. The molecule has 2 aromatic carbocycles. The predicted octanol–water partition coefficient (Wildman–Crippen LogP) is 3.48. The second-order valence-corrected chi connectivity index (χ2v) is 4.71. The topological polar surface area (TPSA) is 52.6 Å².